The van der Waals surface area contributed by atoms with Crippen LogP contribution in [0.1, 0.15) is 32.2 Å². The van der Waals surface area contributed by atoms with E-state index >= 15 is 0 Å². The average Bonchev–Trinajstić information content (AvgIpc) is 2.88. The van der Waals surface area contributed by atoms with Crippen LogP contribution in [0.2, 0.25) is 5.02 Å². The van der Waals surface area contributed by atoms with Crippen LogP contribution in [-0.2, 0) is 4.74 Å². The molecule has 1 heterocycles. The number of nitrogen functional groups attached to an aromatic ring is 1. The molecule has 0 bridgehead atoms. The third kappa shape index (κ3) is 3.05. The highest BCUT2D eigenvalue weighted by atomic mass is 35.5. The van der Waals surface area contributed by atoms with Crippen LogP contribution in [0.4, 0.5) is 5.69 Å². The van der Waals surface area contributed by atoms with Crippen LogP contribution in [0.15, 0.2) is 22.7 Å². The average molecular weight is 282 g/mol. The van der Waals surface area contributed by atoms with Gasteiger partial charge in [0.2, 0.25) is 5.82 Å². The van der Waals surface area contributed by atoms with Gasteiger partial charge in [-0.2, -0.15) is 4.98 Å². The molecule has 5 nitrogen and oxygen atoms in total. The minimum atomic E-state index is -0.164. The molecular weight excluding hydrogens is 266 g/mol. The van der Waals surface area contributed by atoms with Gasteiger partial charge >= 0.3 is 0 Å². The molecule has 0 aliphatic heterocycles. The molecule has 0 radical (unpaired) electrons. The molecule has 2 rings (SSSR count). The molecule has 0 saturated heterocycles. The predicted octanol–water partition coefficient (Wildman–Crippen LogP) is 3.46. The Bertz CT molecular complexity index is 557. The van der Waals surface area contributed by atoms with Gasteiger partial charge in [0.05, 0.1) is 5.56 Å². The van der Waals surface area contributed by atoms with Gasteiger partial charge < -0.3 is 15.0 Å². The number of nitrogens with zero attached hydrogens (tertiary/aromatic N) is 2. The monoisotopic (exact) mass is 281 g/mol. The van der Waals surface area contributed by atoms with E-state index in [2.05, 4.69) is 10.1 Å². The van der Waals surface area contributed by atoms with E-state index in [1.165, 1.54) is 0 Å². The van der Waals surface area contributed by atoms with Crippen LogP contribution < -0.4 is 5.73 Å². The van der Waals surface area contributed by atoms with Gasteiger partial charge in [-0.25, -0.2) is 0 Å². The summed E-state index contributed by atoms with van der Waals surface area (Å²) in [5.41, 5.74) is 7.06. The van der Waals surface area contributed by atoms with E-state index in [-0.39, 0.29) is 6.10 Å². The van der Waals surface area contributed by atoms with Gasteiger partial charge in [-0.05, 0) is 31.5 Å². The van der Waals surface area contributed by atoms with Gasteiger partial charge in [0, 0.05) is 17.3 Å². The number of aromatic nitrogens is 2. The van der Waals surface area contributed by atoms with E-state index in [1.807, 2.05) is 13.8 Å². The maximum atomic E-state index is 5.94. The van der Waals surface area contributed by atoms with Crippen molar-refractivity contribution in [3.8, 4) is 11.5 Å². The highest BCUT2D eigenvalue weighted by Gasteiger charge is 2.18. The third-order valence-electron chi connectivity index (χ3n) is 2.71. The van der Waals surface area contributed by atoms with Crippen molar-refractivity contribution >= 4 is 17.3 Å². The van der Waals surface area contributed by atoms with Gasteiger partial charge in [0.1, 0.15) is 6.10 Å². The SMILES string of the molecule is CCOC(CC)c1noc(-c2cc(Cl)ccc2N)n1. The molecule has 6 heteroatoms. The molecule has 2 N–H and O–H groups in total. The lowest BCUT2D eigenvalue weighted by Gasteiger charge is -2.09. The van der Waals surface area contributed by atoms with Crippen molar-refractivity contribution in [1.82, 2.24) is 10.1 Å². The normalized spacial score (nSPS) is 12.6. The Morgan fingerprint density at radius 1 is 1.42 bits per heavy atom. The third-order valence-corrected chi connectivity index (χ3v) is 2.95. The van der Waals surface area contributed by atoms with Gasteiger partial charge in [-0.15, -0.1) is 0 Å². The Morgan fingerprint density at radius 3 is 2.89 bits per heavy atom. The molecule has 2 aromatic rings. The quantitative estimate of drug-likeness (QED) is 0.850. The van der Waals surface area contributed by atoms with Gasteiger partial charge in [0.15, 0.2) is 0 Å². The molecule has 0 amide bonds. The summed E-state index contributed by atoms with van der Waals surface area (Å²) in [7, 11) is 0. The minimum absolute atomic E-state index is 0.164. The van der Waals surface area contributed by atoms with Crippen molar-refractivity contribution in [3.05, 3.63) is 29.0 Å². The van der Waals surface area contributed by atoms with E-state index in [1.54, 1.807) is 18.2 Å². The van der Waals surface area contributed by atoms with Crippen molar-refractivity contribution in [3.63, 3.8) is 0 Å². The van der Waals surface area contributed by atoms with Crippen LogP contribution in [0.5, 0.6) is 0 Å². The number of rotatable bonds is 5. The molecule has 0 fully saturated rings. The summed E-state index contributed by atoms with van der Waals surface area (Å²) in [5, 5.41) is 4.51. The zero-order valence-electron chi connectivity index (χ0n) is 10.9. The molecule has 102 valence electrons. The lowest BCUT2D eigenvalue weighted by molar-refractivity contribution is 0.0518. The second-order valence-corrected chi connectivity index (χ2v) is 4.48. The first-order valence-electron chi connectivity index (χ1n) is 6.16. The number of hydrogen-bond donors (Lipinski definition) is 1. The van der Waals surface area contributed by atoms with Crippen molar-refractivity contribution in [1.29, 1.82) is 0 Å². The van der Waals surface area contributed by atoms with Crippen molar-refractivity contribution in [2.45, 2.75) is 26.4 Å². The summed E-state index contributed by atoms with van der Waals surface area (Å²) < 4.78 is 10.8. The van der Waals surface area contributed by atoms with Gasteiger partial charge in [0.25, 0.3) is 5.89 Å². The fraction of sp³-hybridized carbons (Fsp3) is 0.385. The first kappa shape index (κ1) is 13.8. The van der Waals surface area contributed by atoms with Gasteiger partial charge in [-0.1, -0.05) is 23.7 Å². The topological polar surface area (TPSA) is 74.2 Å². The minimum Gasteiger partial charge on any atom is -0.398 e. The molecule has 1 aromatic carbocycles. The standard InChI is InChI=1S/C13H16ClN3O2/c1-3-11(18-4-2)12-16-13(19-17-12)9-7-8(14)5-6-10(9)15/h5-7,11H,3-4,15H2,1-2H3. The summed E-state index contributed by atoms with van der Waals surface area (Å²) in [6, 6.07) is 5.13. The Balaban J connectivity index is 2.32. The molecule has 1 aromatic heterocycles. The number of ether oxygens (including phenoxy) is 1. The Labute approximate surface area is 116 Å². The van der Waals surface area contributed by atoms with Crippen LogP contribution in [-0.4, -0.2) is 16.7 Å². The molecular formula is C13H16ClN3O2. The first-order valence-corrected chi connectivity index (χ1v) is 6.54. The lowest BCUT2D eigenvalue weighted by Crippen LogP contribution is -2.04. The van der Waals surface area contributed by atoms with E-state index in [4.69, 9.17) is 26.6 Å². The van der Waals surface area contributed by atoms with E-state index in [9.17, 15) is 0 Å². The molecule has 0 aliphatic carbocycles. The lowest BCUT2D eigenvalue weighted by atomic mass is 10.2. The maximum Gasteiger partial charge on any atom is 0.260 e. The fourth-order valence-corrected chi connectivity index (χ4v) is 1.94. The molecule has 0 spiro atoms. The van der Waals surface area contributed by atoms with Crippen LogP contribution in [0, 0.1) is 0 Å². The Hall–Kier alpha value is -1.59. The largest absolute Gasteiger partial charge is 0.398 e. The first-order chi connectivity index (χ1) is 9.15. The number of hydrogen-bond acceptors (Lipinski definition) is 5. The number of halogens is 1. The zero-order chi connectivity index (χ0) is 13.8. The summed E-state index contributed by atoms with van der Waals surface area (Å²) >= 11 is 5.94. The van der Waals surface area contributed by atoms with E-state index in [0.29, 0.717) is 34.6 Å². The van der Waals surface area contributed by atoms with Crippen LogP contribution >= 0.6 is 11.6 Å². The second kappa shape index (κ2) is 6.04. The molecule has 0 aliphatic rings. The van der Waals surface area contributed by atoms with Crippen molar-refractivity contribution in [2.24, 2.45) is 0 Å². The van der Waals surface area contributed by atoms with Crippen molar-refractivity contribution in [2.75, 3.05) is 12.3 Å². The number of nitrogens with two attached hydrogens (primary N) is 1. The maximum absolute atomic E-state index is 5.94. The summed E-state index contributed by atoms with van der Waals surface area (Å²) in [4.78, 5) is 4.33. The zero-order valence-corrected chi connectivity index (χ0v) is 11.6. The van der Waals surface area contributed by atoms with Crippen LogP contribution in [0.25, 0.3) is 11.5 Å². The number of benzene rings is 1. The molecule has 0 saturated carbocycles. The highest BCUT2D eigenvalue weighted by molar-refractivity contribution is 6.31. The molecule has 19 heavy (non-hydrogen) atoms. The Morgan fingerprint density at radius 2 is 2.21 bits per heavy atom. The molecule has 1 unspecified atom stereocenters. The summed E-state index contributed by atoms with van der Waals surface area (Å²) in [6.45, 7) is 4.53. The van der Waals surface area contributed by atoms with Crippen molar-refractivity contribution < 1.29 is 9.26 Å². The summed E-state index contributed by atoms with van der Waals surface area (Å²) in [5.74, 6) is 0.881. The van der Waals surface area contributed by atoms with E-state index in [0.717, 1.165) is 6.42 Å². The highest BCUT2D eigenvalue weighted by Crippen LogP contribution is 2.29. The summed E-state index contributed by atoms with van der Waals surface area (Å²) in [6.07, 6.45) is 0.612. The van der Waals surface area contributed by atoms with Gasteiger partial charge in [-0.3, -0.25) is 0 Å². The molecule has 1 atom stereocenters. The second-order valence-electron chi connectivity index (χ2n) is 4.04. The fourth-order valence-electron chi connectivity index (χ4n) is 1.76. The van der Waals surface area contributed by atoms with Crippen LogP contribution in [0.3, 0.4) is 0 Å². The Kier molecular flexibility index (Phi) is 4.39. The predicted molar refractivity (Wildman–Crippen MR) is 73.8 cm³/mol. The smallest absolute Gasteiger partial charge is 0.260 e. The number of anilines is 1. The van der Waals surface area contributed by atoms with E-state index < -0.39 is 0 Å².